The molecule has 8 heteroatoms. The van der Waals surface area contributed by atoms with Crippen LogP contribution in [-0.2, 0) is 9.53 Å². The Morgan fingerprint density at radius 2 is 1.85 bits per heavy atom. The second-order valence-corrected chi connectivity index (χ2v) is 7.64. The van der Waals surface area contributed by atoms with Crippen molar-refractivity contribution in [3.05, 3.63) is 65.7 Å². The van der Waals surface area contributed by atoms with Crippen LogP contribution < -0.4 is 10.5 Å². The molecular weight excluding hydrogens is 366 g/mol. The number of nitrogens with zero attached hydrogens (tertiary/aromatic N) is 2. The third-order valence-electron chi connectivity index (χ3n) is 3.99. The Morgan fingerprint density at radius 3 is 2.48 bits per heavy atom. The van der Waals surface area contributed by atoms with E-state index < -0.39 is 16.7 Å². The molecule has 0 fully saturated rings. The third kappa shape index (κ3) is 4.29. The number of hydrazone groups is 1. The van der Waals surface area contributed by atoms with Crippen molar-refractivity contribution in [1.29, 1.82) is 0 Å². The number of thioether (sulfide) groups is 1. The van der Waals surface area contributed by atoms with Crippen LogP contribution in [0.4, 0.5) is 5.69 Å². The molecule has 2 aromatic rings. The van der Waals surface area contributed by atoms with E-state index in [2.05, 4.69) is 15.3 Å². The van der Waals surface area contributed by atoms with Crippen LogP contribution in [0.25, 0.3) is 0 Å². The van der Waals surface area contributed by atoms with Gasteiger partial charge in [-0.25, -0.2) is 4.79 Å². The van der Waals surface area contributed by atoms with Gasteiger partial charge in [-0.05, 0) is 31.2 Å². The predicted octanol–water partition coefficient (Wildman–Crippen LogP) is 3.00. The molecule has 1 heterocycles. The van der Waals surface area contributed by atoms with E-state index in [1.807, 2.05) is 37.3 Å². The number of benzene rings is 2. The lowest BCUT2D eigenvalue weighted by Crippen LogP contribution is -2.39. The molecule has 0 spiro atoms. The maximum atomic E-state index is 12.5. The maximum absolute atomic E-state index is 12.5. The van der Waals surface area contributed by atoms with E-state index in [1.54, 1.807) is 0 Å². The van der Waals surface area contributed by atoms with Gasteiger partial charge in [-0.3, -0.25) is 15.4 Å². The van der Waals surface area contributed by atoms with Crippen LogP contribution in [0.2, 0.25) is 0 Å². The number of carbonyl (C=O) groups is 2. The Morgan fingerprint density at radius 1 is 1.19 bits per heavy atom. The summed E-state index contributed by atoms with van der Waals surface area (Å²) in [5.74, 6) is -0.977. The molecule has 1 unspecified atom stereocenters. The minimum absolute atomic E-state index is 0.0206. The number of carbonyl (C=O) groups excluding carboxylic acids is 2. The molecule has 0 aliphatic carbocycles. The van der Waals surface area contributed by atoms with Gasteiger partial charge in [-0.15, -0.1) is 0 Å². The number of rotatable bonds is 5. The number of esters is 1. The molecule has 2 N–H and O–H groups in total. The van der Waals surface area contributed by atoms with Gasteiger partial charge in [0.1, 0.15) is 9.91 Å². The smallest absolute Gasteiger partial charge is 0.337 e. The lowest BCUT2D eigenvalue weighted by Gasteiger charge is -2.24. The summed E-state index contributed by atoms with van der Waals surface area (Å²) in [5, 5.41) is 15.9. The third-order valence-corrected chi connectivity index (χ3v) is 5.20. The van der Waals surface area contributed by atoms with E-state index in [4.69, 9.17) is 0 Å². The molecule has 1 aliphatic heterocycles. The van der Waals surface area contributed by atoms with Crippen molar-refractivity contribution in [3.8, 4) is 0 Å². The molecule has 27 heavy (non-hydrogen) atoms. The van der Waals surface area contributed by atoms with Gasteiger partial charge in [0.2, 0.25) is 0 Å². The fourth-order valence-electron chi connectivity index (χ4n) is 2.57. The number of hydroxylamine groups is 1. The highest BCUT2D eigenvalue weighted by Crippen LogP contribution is 2.35. The first-order chi connectivity index (χ1) is 12.9. The Kier molecular flexibility index (Phi) is 5.48. The molecule has 7 nitrogen and oxygen atoms in total. The molecule has 0 bridgehead atoms. The Balaban J connectivity index is 1.64. The molecule has 1 aliphatic rings. The van der Waals surface area contributed by atoms with E-state index in [0.29, 0.717) is 10.6 Å². The molecule has 0 saturated heterocycles. The maximum Gasteiger partial charge on any atom is 0.337 e. The summed E-state index contributed by atoms with van der Waals surface area (Å²) in [6.45, 7) is 1.85. The molecule has 0 aromatic heterocycles. The Hall–Kier alpha value is -2.84. The molecule has 0 radical (unpaired) electrons. The Bertz CT molecular complexity index is 870. The molecule has 3 rings (SSSR count). The fourth-order valence-corrected chi connectivity index (χ4v) is 3.63. The molecule has 0 saturated carbocycles. The van der Waals surface area contributed by atoms with Crippen molar-refractivity contribution in [2.45, 2.75) is 18.2 Å². The first-order valence-corrected chi connectivity index (χ1v) is 9.03. The summed E-state index contributed by atoms with van der Waals surface area (Å²) in [6.07, 6.45) is 0.0206. The van der Waals surface area contributed by atoms with Crippen LogP contribution in [0.15, 0.2) is 59.7 Å². The highest BCUT2D eigenvalue weighted by Gasteiger charge is 2.36. The van der Waals surface area contributed by atoms with Crippen molar-refractivity contribution in [3.63, 3.8) is 0 Å². The van der Waals surface area contributed by atoms with Gasteiger partial charge in [0.05, 0.1) is 24.8 Å². The second-order valence-electron chi connectivity index (χ2n) is 6.15. The standard InChI is InChI=1S/C19H19N3O4S/c1-19(21-20-17(27-19)13-6-4-3-5-7-13)12-16(23)22(25)15-10-8-14(9-11-15)18(24)26-2/h3-11,21,25H,12H2,1-2H3. The quantitative estimate of drug-likeness (QED) is 0.467. The van der Waals surface area contributed by atoms with E-state index in [0.717, 1.165) is 10.6 Å². The molecule has 140 valence electrons. The Labute approximate surface area is 161 Å². The number of anilines is 1. The zero-order valence-corrected chi connectivity index (χ0v) is 15.7. The van der Waals surface area contributed by atoms with Gasteiger partial charge in [0, 0.05) is 5.56 Å². The summed E-state index contributed by atoms with van der Waals surface area (Å²) in [5.41, 5.74) is 4.55. The SMILES string of the molecule is COC(=O)c1ccc(N(O)C(=O)CC2(C)NN=C(c3ccccc3)S2)cc1. The zero-order chi connectivity index (χ0) is 19.4. The average molecular weight is 385 g/mol. The van der Waals surface area contributed by atoms with Gasteiger partial charge in [-0.1, -0.05) is 42.1 Å². The minimum atomic E-state index is -0.671. The fraction of sp³-hybridized carbons (Fsp3) is 0.211. The highest BCUT2D eigenvalue weighted by molar-refractivity contribution is 8.15. The van der Waals surface area contributed by atoms with Crippen LogP contribution in [0.3, 0.4) is 0 Å². The van der Waals surface area contributed by atoms with E-state index in [-0.39, 0.29) is 12.1 Å². The van der Waals surface area contributed by atoms with Gasteiger partial charge in [0.25, 0.3) is 5.91 Å². The second kappa shape index (κ2) is 7.81. The largest absolute Gasteiger partial charge is 0.465 e. The molecule has 1 amide bonds. The van der Waals surface area contributed by atoms with Gasteiger partial charge in [0.15, 0.2) is 0 Å². The number of hydrogen-bond acceptors (Lipinski definition) is 7. The average Bonchev–Trinajstić information content (AvgIpc) is 3.09. The number of nitrogens with one attached hydrogen (secondary N) is 1. The summed E-state index contributed by atoms with van der Waals surface area (Å²) in [4.78, 5) is 23.3. The van der Waals surface area contributed by atoms with Gasteiger partial charge < -0.3 is 4.74 Å². The lowest BCUT2D eigenvalue weighted by atomic mass is 10.2. The van der Waals surface area contributed by atoms with Crippen molar-refractivity contribution >= 4 is 34.4 Å². The van der Waals surface area contributed by atoms with Crippen LogP contribution in [0.5, 0.6) is 0 Å². The first-order valence-electron chi connectivity index (χ1n) is 8.21. The zero-order valence-electron chi connectivity index (χ0n) is 14.9. The summed E-state index contributed by atoms with van der Waals surface area (Å²) in [6, 6.07) is 15.6. The van der Waals surface area contributed by atoms with Crippen molar-refractivity contribution in [1.82, 2.24) is 5.43 Å². The lowest BCUT2D eigenvalue weighted by molar-refractivity contribution is -0.124. The van der Waals surface area contributed by atoms with Crippen LogP contribution >= 0.6 is 11.8 Å². The normalized spacial score (nSPS) is 18.4. The summed E-state index contributed by atoms with van der Waals surface area (Å²) in [7, 11) is 1.29. The van der Waals surface area contributed by atoms with Crippen molar-refractivity contribution in [2.24, 2.45) is 5.10 Å². The number of amides is 1. The topological polar surface area (TPSA) is 91.2 Å². The molecule has 2 aromatic carbocycles. The van der Waals surface area contributed by atoms with Crippen LogP contribution in [0.1, 0.15) is 29.3 Å². The van der Waals surface area contributed by atoms with Crippen LogP contribution in [-0.4, -0.2) is 34.1 Å². The van der Waals surface area contributed by atoms with Crippen molar-refractivity contribution in [2.75, 3.05) is 12.2 Å². The number of methoxy groups -OCH3 is 1. The molecular formula is C19H19N3O4S. The van der Waals surface area contributed by atoms with Crippen LogP contribution in [0, 0.1) is 0 Å². The van der Waals surface area contributed by atoms with E-state index in [1.165, 1.54) is 43.1 Å². The first kappa shape index (κ1) is 18.9. The van der Waals surface area contributed by atoms with E-state index in [9.17, 15) is 14.8 Å². The van der Waals surface area contributed by atoms with E-state index >= 15 is 0 Å². The predicted molar refractivity (Wildman–Crippen MR) is 104 cm³/mol. The summed E-state index contributed by atoms with van der Waals surface area (Å²) >= 11 is 1.44. The highest BCUT2D eigenvalue weighted by atomic mass is 32.2. The molecule has 1 atom stereocenters. The van der Waals surface area contributed by atoms with Crippen molar-refractivity contribution < 1.29 is 19.5 Å². The monoisotopic (exact) mass is 385 g/mol. The minimum Gasteiger partial charge on any atom is -0.465 e. The van der Waals surface area contributed by atoms with Gasteiger partial charge >= 0.3 is 5.97 Å². The number of ether oxygens (including phenoxy) is 1. The van der Waals surface area contributed by atoms with Gasteiger partial charge in [-0.2, -0.15) is 10.2 Å². The summed E-state index contributed by atoms with van der Waals surface area (Å²) < 4.78 is 4.63. The number of hydrogen-bond donors (Lipinski definition) is 2.